The van der Waals surface area contributed by atoms with E-state index in [1.807, 2.05) is 31.2 Å². The first-order chi connectivity index (χ1) is 8.91. The zero-order valence-electron chi connectivity index (χ0n) is 9.61. The van der Waals surface area contributed by atoms with Crippen LogP contribution in [0.4, 0.5) is 0 Å². The van der Waals surface area contributed by atoms with Crippen LogP contribution in [0.3, 0.4) is 0 Å². The van der Waals surface area contributed by atoms with Crippen LogP contribution in [0.1, 0.15) is 5.56 Å². The van der Waals surface area contributed by atoms with Gasteiger partial charge in [0.2, 0.25) is 0 Å². The van der Waals surface area contributed by atoms with Crippen molar-refractivity contribution in [2.24, 2.45) is 0 Å². The molecule has 1 nitrogen and oxygen atoms in total. The highest BCUT2D eigenvalue weighted by Crippen LogP contribution is 2.49. The van der Waals surface area contributed by atoms with E-state index in [1.54, 1.807) is 0 Å². The normalized spacial score (nSPS) is 10.6. The molecule has 100 valence electrons. The molecule has 0 amide bonds. The Hall–Kier alpha value is 0.640. The summed E-state index contributed by atoms with van der Waals surface area (Å²) in [4.78, 5) is 0. The predicted octanol–water partition coefficient (Wildman–Crippen LogP) is 7.60. The number of hydrogen-bond donors (Lipinski definition) is 0. The third kappa shape index (κ3) is 3.46. The fourth-order valence-electron chi connectivity index (χ4n) is 1.40. The lowest BCUT2D eigenvalue weighted by molar-refractivity contribution is 0.475. The van der Waals surface area contributed by atoms with Crippen LogP contribution in [0.5, 0.6) is 11.5 Å². The van der Waals surface area contributed by atoms with Gasteiger partial charge in [0.25, 0.3) is 0 Å². The lowest BCUT2D eigenvalue weighted by atomic mass is 10.2. The van der Waals surface area contributed by atoms with Crippen molar-refractivity contribution in [1.82, 2.24) is 0 Å². The average molecular weight is 579 g/mol. The van der Waals surface area contributed by atoms with E-state index in [2.05, 4.69) is 79.6 Å². The molecule has 0 bridgehead atoms. The Balaban J connectivity index is 2.48. The highest BCUT2D eigenvalue weighted by molar-refractivity contribution is 9.15. The van der Waals surface area contributed by atoms with Gasteiger partial charge < -0.3 is 4.74 Å². The predicted molar refractivity (Wildman–Crippen MR) is 96.2 cm³/mol. The summed E-state index contributed by atoms with van der Waals surface area (Å²) < 4.78 is 10.3. The first kappa shape index (κ1) is 16.0. The number of halogens is 5. The Kier molecular flexibility index (Phi) is 5.57. The zero-order valence-corrected chi connectivity index (χ0v) is 17.5. The van der Waals surface area contributed by atoms with Crippen LogP contribution in [0.25, 0.3) is 0 Å². The van der Waals surface area contributed by atoms with Crippen LogP contribution in [-0.2, 0) is 0 Å². The molecule has 0 aliphatic heterocycles. The van der Waals surface area contributed by atoms with Crippen molar-refractivity contribution in [2.75, 3.05) is 0 Å². The molecule has 2 aromatic rings. The van der Waals surface area contributed by atoms with E-state index in [9.17, 15) is 0 Å². The van der Waals surface area contributed by atoms with E-state index in [4.69, 9.17) is 4.74 Å². The van der Waals surface area contributed by atoms with Crippen molar-refractivity contribution in [1.29, 1.82) is 0 Å². The molecule has 0 saturated carbocycles. The summed E-state index contributed by atoms with van der Waals surface area (Å²) >= 11 is 17.6. The Morgan fingerprint density at radius 1 is 0.684 bits per heavy atom. The van der Waals surface area contributed by atoms with Crippen LogP contribution in [0.2, 0.25) is 0 Å². The highest BCUT2D eigenvalue weighted by Gasteiger charge is 2.19. The van der Waals surface area contributed by atoms with Crippen molar-refractivity contribution in [2.45, 2.75) is 6.92 Å². The Labute approximate surface area is 153 Å². The van der Waals surface area contributed by atoms with Gasteiger partial charge in [-0.05, 0) is 98.7 Å². The third-order valence-electron chi connectivity index (χ3n) is 2.41. The Bertz CT molecular complexity index is 593. The van der Waals surface area contributed by atoms with Gasteiger partial charge in [0.1, 0.15) is 5.75 Å². The molecule has 0 heterocycles. The van der Waals surface area contributed by atoms with Gasteiger partial charge in [-0.2, -0.15) is 0 Å². The summed E-state index contributed by atoms with van der Waals surface area (Å²) in [5.74, 6) is 1.50. The molecule has 2 aromatic carbocycles. The summed E-state index contributed by atoms with van der Waals surface area (Å²) in [6.45, 7) is 2.04. The van der Waals surface area contributed by atoms with Crippen LogP contribution in [-0.4, -0.2) is 0 Å². The Morgan fingerprint density at radius 2 is 1.11 bits per heavy atom. The fraction of sp³-hybridized carbons (Fsp3) is 0.0769. The van der Waals surface area contributed by atoms with Gasteiger partial charge in [-0.1, -0.05) is 17.7 Å². The minimum Gasteiger partial charge on any atom is -0.455 e. The second-order valence-corrected chi connectivity index (χ2v) is 7.78. The standard InChI is InChI=1S/C13H7Br5O/c1-6-2-4-7(5-3-6)19-13-11(17)9(15)8(14)10(16)12(13)18/h2-5H,1H3. The van der Waals surface area contributed by atoms with E-state index < -0.39 is 0 Å². The van der Waals surface area contributed by atoms with Crippen LogP contribution >= 0.6 is 79.6 Å². The van der Waals surface area contributed by atoms with E-state index in [1.165, 1.54) is 5.56 Å². The highest BCUT2D eigenvalue weighted by atomic mass is 79.9. The van der Waals surface area contributed by atoms with Gasteiger partial charge in [0, 0.05) is 4.47 Å². The molecule has 0 radical (unpaired) electrons. The number of rotatable bonds is 2. The monoisotopic (exact) mass is 574 g/mol. The van der Waals surface area contributed by atoms with E-state index in [-0.39, 0.29) is 0 Å². The molecule has 0 aromatic heterocycles. The second kappa shape index (κ2) is 6.60. The molecular formula is C13H7Br5O. The average Bonchev–Trinajstić information content (AvgIpc) is 2.41. The molecule has 2 rings (SSSR count). The van der Waals surface area contributed by atoms with Crippen molar-refractivity contribution in [3.8, 4) is 11.5 Å². The first-order valence-electron chi connectivity index (χ1n) is 5.17. The van der Waals surface area contributed by atoms with E-state index >= 15 is 0 Å². The van der Waals surface area contributed by atoms with E-state index in [0.717, 1.165) is 28.1 Å². The van der Waals surface area contributed by atoms with Gasteiger partial charge in [0.15, 0.2) is 5.75 Å². The van der Waals surface area contributed by atoms with Gasteiger partial charge in [0.05, 0.1) is 17.9 Å². The van der Waals surface area contributed by atoms with Crippen molar-refractivity contribution in [3.63, 3.8) is 0 Å². The van der Waals surface area contributed by atoms with E-state index in [0.29, 0.717) is 5.75 Å². The molecule has 6 heteroatoms. The summed E-state index contributed by atoms with van der Waals surface area (Å²) in [5.41, 5.74) is 1.20. The number of benzene rings is 2. The summed E-state index contributed by atoms with van der Waals surface area (Å²) in [6.07, 6.45) is 0. The molecule has 0 N–H and O–H groups in total. The molecule has 0 aliphatic rings. The van der Waals surface area contributed by atoms with Gasteiger partial charge in [-0.15, -0.1) is 0 Å². The Morgan fingerprint density at radius 3 is 1.58 bits per heavy atom. The van der Waals surface area contributed by atoms with Gasteiger partial charge in [-0.25, -0.2) is 0 Å². The van der Waals surface area contributed by atoms with Crippen LogP contribution in [0.15, 0.2) is 46.6 Å². The molecule has 19 heavy (non-hydrogen) atoms. The minimum absolute atomic E-state index is 0.714. The maximum atomic E-state index is 5.94. The molecule has 0 atom stereocenters. The largest absolute Gasteiger partial charge is 0.455 e. The second-order valence-electron chi connectivity index (χ2n) is 3.81. The van der Waals surface area contributed by atoms with Gasteiger partial charge >= 0.3 is 0 Å². The zero-order chi connectivity index (χ0) is 14.2. The number of ether oxygens (including phenoxy) is 1. The molecule has 0 spiro atoms. The van der Waals surface area contributed by atoms with Crippen molar-refractivity contribution >= 4 is 79.6 Å². The third-order valence-corrected chi connectivity index (χ3v) is 8.43. The smallest absolute Gasteiger partial charge is 0.158 e. The lowest BCUT2D eigenvalue weighted by Crippen LogP contribution is -1.90. The summed E-state index contributed by atoms with van der Waals surface area (Å²) in [7, 11) is 0. The molecular weight excluding hydrogens is 572 g/mol. The number of hydrogen-bond acceptors (Lipinski definition) is 1. The SMILES string of the molecule is Cc1ccc(Oc2c(Br)c(Br)c(Br)c(Br)c2Br)cc1. The maximum absolute atomic E-state index is 5.94. The molecule has 0 aliphatic carbocycles. The minimum atomic E-state index is 0.714. The van der Waals surface area contributed by atoms with Crippen LogP contribution in [0, 0.1) is 6.92 Å². The summed E-state index contributed by atoms with van der Waals surface area (Å²) in [6, 6.07) is 7.91. The molecule has 0 saturated heterocycles. The maximum Gasteiger partial charge on any atom is 0.158 e. The molecule has 0 unspecified atom stereocenters. The summed E-state index contributed by atoms with van der Waals surface area (Å²) in [5, 5.41) is 0. The van der Waals surface area contributed by atoms with Gasteiger partial charge in [-0.3, -0.25) is 0 Å². The number of aryl methyl sites for hydroxylation is 1. The van der Waals surface area contributed by atoms with Crippen molar-refractivity contribution < 1.29 is 4.74 Å². The van der Waals surface area contributed by atoms with Crippen molar-refractivity contribution in [3.05, 3.63) is 52.2 Å². The first-order valence-corrected chi connectivity index (χ1v) is 9.14. The fourth-order valence-corrected chi connectivity index (χ4v) is 4.57. The molecule has 0 fully saturated rings. The quantitative estimate of drug-likeness (QED) is 0.263. The lowest BCUT2D eigenvalue weighted by Gasteiger charge is -2.14. The van der Waals surface area contributed by atoms with Crippen LogP contribution < -0.4 is 4.74 Å². The topological polar surface area (TPSA) is 9.23 Å².